The lowest BCUT2D eigenvalue weighted by Crippen LogP contribution is -2.37. The molecule has 27 heteroatoms. The molecule has 3 aromatic carbocycles. The van der Waals surface area contributed by atoms with E-state index in [1.807, 2.05) is 36.4 Å². The molecule has 5 aliphatic heterocycles. The highest BCUT2D eigenvalue weighted by atomic mass is 127. The van der Waals surface area contributed by atoms with Crippen LogP contribution in [0.3, 0.4) is 0 Å². The van der Waals surface area contributed by atoms with Gasteiger partial charge in [-0.2, -0.15) is 0 Å². The van der Waals surface area contributed by atoms with Gasteiger partial charge in [0.05, 0.1) is 32.0 Å². The monoisotopic (exact) mass is 1790 g/mol. The van der Waals surface area contributed by atoms with Crippen molar-refractivity contribution in [3.05, 3.63) is 112 Å². The lowest BCUT2D eigenvalue weighted by Gasteiger charge is -2.18. The number of aromatic hydroxyl groups is 3. The summed E-state index contributed by atoms with van der Waals surface area (Å²) in [6.07, 6.45) is 2.45. The second-order valence-electron chi connectivity index (χ2n) is 14.3. The van der Waals surface area contributed by atoms with E-state index in [1.165, 1.54) is 26.8 Å². The molecule has 1 saturated heterocycles. The topological polar surface area (TPSA) is 219 Å². The molecule has 1 fully saturated rings. The van der Waals surface area contributed by atoms with Crippen molar-refractivity contribution in [2.24, 2.45) is 0 Å². The smallest absolute Gasteiger partial charge is 0.273 e. The summed E-state index contributed by atoms with van der Waals surface area (Å²) in [5, 5.41) is 28.3. The van der Waals surface area contributed by atoms with Crippen LogP contribution in [0.15, 0.2) is 90.5 Å². The summed E-state index contributed by atoms with van der Waals surface area (Å²) in [6, 6.07) is 14.9. The van der Waals surface area contributed by atoms with Crippen LogP contribution >= 0.6 is 195 Å². The molecule has 3 N–H and O–H groups in total. The first-order chi connectivity index (χ1) is 32.3. The predicted octanol–water partition coefficient (Wildman–Crippen LogP) is 10.2. The summed E-state index contributed by atoms with van der Waals surface area (Å²) < 4.78 is 9.86. The molecule has 8 rings (SSSR count). The van der Waals surface area contributed by atoms with Crippen molar-refractivity contribution in [1.82, 2.24) is 14.7 Å². The third-order valence-electron chi connectivity index (χ3n) is 9.64. The van der Waals surface area contributed by atoms with Crippen molar-refractivity contribution in [2.75, 3.05) is 24.6 Å². The molecular weight excluding hydrogens is 1770 g/mol. The van der Waals surface area contributed by atoms with Crippen LogP contribution in [0, 0.1) is 10.7 Å². The van der Waals surface area contributed by atoms with Gasteiger partial charge in [-0.3, -0.25) is 53.1 Å². The molecule has 0 radical (unpaired) electrons. The Morgan fingerprint density at radius 2 is 0.971 bits per heavy atom. The number of imide groups is 4. The molecule has 3 aromatic rings. The van der Waals surface area contributed by atoms with Gasteiger partial charge >= 0.3 is 0 Å². The van der Waals surface area contributed by atoms with Crippen molar-refractivity contribution in [1.29, 1.82) is 0 Å². The minimum absolute atomic E-state index is 0.00315. The number of amides is 8. The van der Waals surface area contributed by atoms with Crippen molar-refractivity contribution < 1.29 is 58.4 Å². The molecule has 1 atom stereocenters. The van der Waals surface area contributed by atoms with E-state index in [0.717, 1.165) is 52.3 Å². The molecule has 5 heterocycles. The number of rotatable bonds is 8. The quantitative estimate of drug-likeness (QED) is 0.142. The fourth-order valence-electron chi connectivity index (χ4n) is 6.30. The SMILES string of the molecule is O=C1C(Br)=C(Br)C(=O)N1CC1CCCO1.O=C1C(Br)=C(Br)C(=O)N1CCc1cc(I)c(O)c(I)c1.O=C1C(Br)=C(Br)C(=O)N1Cc1cccc(I)c1.O=C1C(Br)=C(Br)C(=O)N1c1cc(O)cc(O)c1. The standard InChI is InChI=1S/C12H7Br2I2NO3.C11H6Br2INO2.C10H5Br2NO4.C9H9Br2NO3/c13-8-9(14)12(20)17(11(8)19)2-1-5-3-6(15)10(18)7(16)4-5;12-8-9(13)11(17)15(10(8)16)5-6-2-1-3-7(14)4-6;11-7-8(12)10(17)13(9(7)16)4-1-5(14)3-6(15)2-4;10-6-7(11)9(14)12(8(6)13)4-5-2-1-3-15-5/h3-4,18H,1-2H2;1-4H,5H2;1-3,14-15H;5H,1-4H2. The molecule has 69 heavy (non-hydrogen) atoms. The Bertz CT molecular complexity index is 2720. The second kappa shape index (κ2) is 25.7. The van der Waals surface area contributed by atoms with Gasteiger partial charge in [0.1, 0.15) is 53.1 Å². The zero-order chi connectivity index (χ0) is 51.3. The third kappa shape index (κ3) is 14.0. The number of nitrogens with zero attached hydrogens (tertiary/aromatic N) is 4. The molecule has 0 aliphatic carbocycles. The molecular formula is C42H27Br8I3N4O12. The van der Waals surface area contributed by atoms with Gasteiger partial charge in [0.25, 0.3) is 47.3 Å². The number of phenolic OH excluding ortho intramolecular Hbond substituents is 3. The fourth-order valence-corrected chi connectivity index (χ4v) is 11.8. The van der Waals surface area contributed by atoms with E-state index < -0.39 is 11.8 Å². The Balaban J connectivity index is 0.000000172. The molecule has 0 bridgehead atoms. The van der Waals surface area contributed by atoms with Crippen LogP contribution in [0.25, 0.3) is 0 Å². The lowest BCUT2D eigenvalue weighted by molar-refractivity contribution is -0.139. The van der Waals surface area contributed by atoms with Crippen LogP contribution in [0.4, 0.5) is 5.69 Å². The minimum atomic E-state index is -0.563. The van der Waals surface area contributed by atoms with Gasteiger partial charge in [0, 0.05) is 34.9 Å². The number of carbonyl (C=O) groups excluding carboxylic acids is 8. The lowest BCUT2D eigenvalue weighted by atomic mass is 10.1. The molecule has 16 nitrogen and oxygen atoms in total. The Morgan fingerprint density at radius 1 is 0.536 bits per heavy atom. The average molecular weight is 1800 g/mol. The van der Waals surface area contributed by atoms with Crippen LogP contribution < -0.4 is 4.90 Å². The van der Waals surface area contributed by atoms with Gasteiger partial charge in [-0.1, -0.05) is 12.1 Å². The number of anilines is 1. The Labute approximate surface area is 500 Å². The summed E-state index contributed by atoms with van der Waals surface area (Å²) in [4.78, 5) is 98.5. The molecule has 1 unspecified atom stereocenters. The highest BCUT2D eigenvalue weighted by molar-refractivity contribution is 14.1. The number of halogens is 11. The molecule has 364 valence electrons. The molecule has 0 saturated carbocycles. The maximum absolute atomic E-state index is 11.9. The van der Waals surface area contributed by atoms with Crippen LogP contribution in [0.2, 0.25) is 0 Å². The summed E-state index contributed by atoms with van der Waals surface area (Å²) in [5.74, 6) is -3.19. The van der Waals surface area contributed by atoms with E-state index in [4.69, 9.17) is 4.74 Å². The third-order valence-corrected chi connectivity index (χ3v) is 20.0. The number of hydrogen-bond donors (Lipinski definition) is 3. The average Bonchev–Trinajstić information content (AvgIpc) is 4.03. The minimum Gasteiger partial charge on any atom is -0.508 e. The molecule has 8 amide bonds. The Hall–Kier alpha value is -1.43. The van der Waals surface area contributed by atoms with E-state index >= 15 is 0 Å². The van der Waals surface area contributed by atoms with Crippen LogP contribution in [-0.4, -0.2) is 103 Å². The molecule has 0 spiro atoms. The second-order valence-corrected chi connectivity index (χ2v) is 24.2. The number of phenols is 3. The van der Waals surface area contributed by atoms with Gasteiger partial charge in [-0.25, -0.2) is 4.90 Å². The first-order valence-corrected chi connectivity index (χ1v) is 28.7. The first kappa shape index (κ1) is 58.5. The van der Waals surface area contributed by atoms with E-state index in [9.17, 15) is 53.7 Å². The van der Waals surface area contributed by atoms with Crippen LogP contribution in [0.5, 0.6) is 17.2 Å². The van der Waals surface area contributed by atoms with Crippen molar-refractivity contribution in [2.45, 2.75) is 31.9 Å². The van der Waals surface area contributed by atoms with Crippen LogP contribution in [0.1, 0.15) is 24.0 Å². The molecule has 0 aromatic heterocycles. The van der Waals surface area contributed by atoms with Gasteiger partial charge in [-0.05, 0) is 250 Å². The summed E-state index contributed by atoms with van der Waals surface area (Å²) in [6.45, 7) is 1.66. The largest absolute Gasteiger partial charge is 0.508 e. The van der Waals surface area contributed by atoms with Crippen LogP contribution in [-0.2, 0) is 56.1 Å². The zero-order valence-corrected chi connectivity index (χ0v) is 53.3. The van der Waals surface area contributed by atoms with Gasteiger partial charge in [0.2, 0.25) is 0 Å². The van der Waals surface area contributed by atoms with E-state index in [1.54, 1.807) is 0 Å². The highest BCUT2D eigenvalue weighted by Gasteiger charge is 2.40. The van der Waals surface area contributed by atoms with E-state index in [0.29, 0.717) is 35.0 Å². The van der Waals surface area contributed by atoms with E-state index in [2.05, 4.69) is 195 Å². The zero-order valence-electron chi connectivity index (χ0n) is 34.2. The normalized spacial score (nSPS) is 18.3. The van der Waals surface area contributed by atoms with Gasteiger partial charge < -0.3 is 20.1 Å². The van der Waals surface area contributed by atoms with E-state index in [-0.39, 0.29) is 91.4 Å². The fraction of sp³-hybridized carbons (Fsp3) is 0.190. The van der Waals surface area contributed by atoms with Gasteiger partial charge in [0.15, 0.2) is 0 Å². The van der Waals surface area contributed by atoms with Crippen molar-refractivity contribution >= 4 is 248 Å². The Morgan fingerprint density at radius 3 is 1.41 bits per heavy atom. The predicted molar refractivity (Wildman–Crippen MR) is 306 cm³/mol. The number of ether oxygens (including phenoxy) is 1. The summed E-state index contributed by atoms with van der Waals surface area (Å²) in [5.41, 5.74) is 2.00. The maximum Gasteiger partial charge on any atom is 0.273 e. The van der Waals surface area contributed by atoms with Crippen molar-refractivity contribution in [3.63, 3.8) is 0 Å². The van der Waals surface area contributed by atoms with Gasteiger partial charge in [-0.15, -0.1) is 0 Å². The molecule has 5 aliphatic rings. The summed E-state index contributed by atoms with van der Waals surface area (Å²) >= 11 is 30.8. The van der Waals surface area contributed by atoms with Crippen molar-refractivity contribution in [3.8, 4) is 17.2 Å². The maximum atomic E-state index is 11.9. The Kier molecular flexibility index (Phi) is 21.8. The number of hydrogen-bond acceptors (Lipinski definition) is 12. The summed E-state index contributed by atoms with van der Waals surface area (Å²) in [7, 11) is 0. The highest BCUT2D eigenvalue weighted by Crippen LogP contribution is 2.37. The number of benzene rings is 3. The first-order valence-electron chi connectivity index (χ1n) is 19.1. The number of carbonyl (C=O) groups is 8.